The minimum Gasteiger partial charge on any atom is -0.434 e. The zero-order valence-electron chi connectivity index (χ0n) is 14.6. The molecule has 132 valence electrons. The van der Waals surface area contributed by atoms with E-state index in [4.69, 9.17) is 9.47 Å². The molecule has 0 N–H and O–H groups in total. The number of sulfone groups is 1. The summed E-state index contributed by atoms with van der Waals surface area (Å²) in [5.41, 5.74) is -1.52. The average Bonchev–Trinajstić information content (AvgIpc) is 2.50. The highest BCUT2D eigenvalue weighted by atomic mass is 32.2. The Morgan fingerprint density at radius 3 is 2.25 bits per heavy atom. The van der Waals surface area contributed by atoms with E-state index in [0.29, 0.717) is 0 Å². The predicted molar refractivity (Wildman–Crippen MR) is 90.8 cm³/mol. The van der Waals surface area contributed by atoms with Gasteiger partial charge in [-0.3, -0.25) is 4.79 Å². The van der Waals surface area contributed by atoms with Crippen LogP contribution in [0.25, 0.3) is 0 Å². The number of carbonyl (C=O) groups is 1. The Balaban J connectivity index is 2.27. The molecule has 0 aliphatic carbocycles. The lowest BCUT2D eigenvalue weighted by Crippen LogP contribution is -2.52. The number of cyclic esters (lactones) is 1. The van der Waals surface area contributed by atoms with Crippen molar-refractivity contribution < 1.29 is 22.7 Å². The molecule has 2 rings (SSSR count). The van der Waals surface area contributed by atoms with Gasteiger partial charge in [-0.2, -0.15) is 0 Å². The molecule has 0 saturated carbocycles. The number of carbonyl (C=O) groups excluding carboxylic acids is 1. The monoisotopic (exact) mass is 352 g/mol. The lowest BCUT2D eigenvalue weighted by molar-refractivity contribution is -0.263. The van der Waals surface area contributed by atoms with Gasteiger partial charge in [-0.25, -0.2) is 8.42 Å². The van der Waals surface area contributed by atoms with Crippen molar-refractivity contribution in [2.45, 2.75) is 51.9 Å². The van der Waals surface area contributed by atoms with Gasteiger partial charge >= 0.3 is 5.97 Å². The van der Waals surface area contributed by atoms with E-state index < -0.39 is 33.6 Å². The molecule has 1 aromatic rings. The number of ether oxygens (including phenoxy) is 2. The van der Waals surface area contributed by atoms with E-state index in [1.165, 1.54) is 18.2 Å². The SMILES string of the molecule is C[C@@H]1O[C@H](C(C)(C)C)OC(=O)[C@@]1(C)/C=C/S(=O)(=O)c1ccccc1. The van der Waals surface area contributed by atoms with Crippen LogP contribution in [-0.4, -0.2) is 26.8 Å². The third-order valence-electron chi connectivity index (χ3n) is 4.20. The fraction of sp³-hybridized carbons (Fsp3) is 0.500. The van der Waals surface area contributed by atoms with E-state index in [1.54, 1.807) is 32.0 Å². The van der Waals surface area contributed by atoms with Gasteiger partial charge in [-0.05, 0) is 26.0 Å². The van der Waals surface area contributed by atoms with Crippen LogP contribution in [-0.2, 0) is 24.1 Å². The smallest absolute Gasteiger partial charge is 0.320 e. The first-order valence-corrected chi connectivity index (χ1v) is 9.37. The Bertz CT molecular complexity index is 730. The second kappa shape index (κ2) is 6.33. The molecule has 1 heterocycles. The second-order valence-electron chi connectivity index (χ2n) is 7.33. The van der Waals surface area contributed by atoms with E-state index in [0.717, 1.165) is 5.41 Å². The van der Waals surface area contributed by atoms with Crippen LogP contribution in [0.3, 0.4) is 0 Å². The maximum absolute atomic E-state index is 12.5. The first-order valence-electron chi connectivity index (χ1n) is 7.83. The lowest BCUT2D eigenvalue weighted by atomic mass is 9.83. The van der Waals surface area contributed by atoms with Gasteiger partial charge < -0.3 is 9.47 Å². The summed E-state index contributed by atoms with van der Waals surface area (Å²) >= 11 is 0. The maximum atomic E-state index is 12.5. The molecule has 24 heavy (non-hydrogen) atoms. The number of benzene rings is 1. The first kappa shape index (κ1) is 18.7. The van der Waals surface area contributed by atoms with E-state index in [1.807, 2.05) is 20.8 Å². The van der Waals surface area contributed by atoms with E-state index >= 15 is 0 Å². The Hall–Kier alpha value is -1.66. The molecule has 1 fully saturated rings. The van der Waals surface area contributed by atoms with Crippen molar-refractivity contribution in [3.63, 3.8) is 0 Å². The number of esters is 1. The Morgan fingerprint density at radius 2 is 1.75 bits per heavy atom. The van der Waals surface area contributed by atoms with Crippen molar-refractivity contribution in [1.82, 2.24) is 0 Å². The van der Waals surface area contributed by atoms with Gasteiger partial charge in [0.25, 0.3) is 0 Å². The highest BCUT2D eigenvalue weighted by Crippen LogP contribution is 2.38. The molecule has 0 spiro atoms. The summed E-state index contributed by atoms with van der Waals surface area (Å²) in [6.07, 6.45) is 0.193. The van der Waals surface area contributed by atoms with Crippen molar-refractivity contribution >= 4 is 15.8 Å². The molecule has 1 saturated heterocycles. The van der Waals surface area contributed by atoms with Crippen LogP contribution < -0.4 is 0 Å². The molecule has 0 unspecified atom stereocenters. The Kier molecular flexibility index (Phi) is 4.93. The van der Waals surface area contributed by atoms with Crippen LogP contribution in [0.5, 0.6) is 0 Å². The van der Waals surface area contributed by atoms with Gasteiger partial charge in [0.1, 0.15) is 5.41 Å². The van der Waals surface area contributed by atoms with Crippen LogP contribution in [0.15, 0.2) is 46.7 Å². The molecule has 6 heteroatoms. The minimum atomic E-state index is -3.63. The molecular weight excluding hydrogens is 328 g/mol. The molecule has 1 aliphatic heterocycles. The normalized spacial score (nSPS) is 28.8. The molecule has 5 nitrogen and oxygen atoms in total. The highest BCUT2D eigenvalue weighted by Gasteiger charge is 2.48. The van der Waals surface area contributed by atoms with Gasteiger partial charge in [-0.15, -0.1) is 0 Å². The van der Waals surface area contributed by atoms with E-state index in [-0.39, 0.29) is 10.3 Å². The Morgan fingerprint density at radius 1 is 1.17 bits per heavy atom. The highest BCUT2D eigenvalue weighted by molar-refractivity contribution is 7.94. The molecule has 0 aromatic heterocycles. The topological polar surface area (TPSA) is 69.7 Å². The summed E-state index contributed by atoms with van der Waals surface area (Å²) in [4.78, 5) is 12.7. The average molecular weight is 352 g/mol. The quantitative estimate of drug-likeness (QED) is 0.781. The number of hydrogen-bond donors (Lipinski definition) is 0. The fourth-order valence-corrected chi connectivity index (χ4v) is 3.40. The zero-order valence-corrected chi connectivity index (χ0v) is 15.5. The van der Waals surface area contributed by atoms with Crippen LogP contribution in [0.1, 0.15) is 34.6 Å². The van der Waals surface area contributed by atoms with Crippen LogP contribution in [0.4, 0.5) is 0 Å². The van der Waals surface area contributed by atoms with Crippen molar-refractivity contribution in [2.24, 2.45) is 10.8 Å². The van der Waals surface area contributed by atoms with Crippen molar-refractivity contribution in [3.8, 4) is 0 Å². The largest absolute Gasteiger partial charge is 0.434 e. The summed E-state index contributed by atoms with van der Waals surface area (Å²) in [6.45, 7) is 9.11. The minimum absolute atomic E-state index is 0.176. The van der Waals surface area contributed by atoms with Crippen molar-refractivity contribution in [3.05, 3.63) is 41.8 Å². The second-order valence-corrected chi connectivity index (χ2v) is 9.16. The van der Waals surface area contributed by atoms with Crippen LogP contribution >= 0.6 is 0 Å². The summed E-state index contributed by atoms with van der Waals surface area (Å²) in [5, 5.41) is 1.06. The summed E-state index contributed by atoms with van der Waals surface area (Å²) < 4.78 is 36.0. The summed E-state index contributed by atoms with van der Waals surface area (Å²) in [7, 11) is -3.63. The lowest BCUT2D eigenvalue weighted by Gasteiger charge is -2.43. The summed E-state index contributed by atoms with van der Waals surface area (Å²) in [5.74, 6) is -0.485. The zero-order chi connectivity index (χ0) is 18.2. The molecule has 1 aliphatic rings. The number of hydrogen-bond acceptors (Lipinski definition) is 5. The van der Waals surface area contributed by atoms with Crippen molar-refractivity contribution in [2.75, 3.05) is 0 Å². The predicted octanol–water partition coefficient (Wildman–Crippen LogP) is 3.31. The van der Waals surface area contributed by atoms with Gasteiger partial charge in [-0.1, -0.05) is 45.0 Å². The van der Waals surface area contributed by atoms with Gasteiger partial charge in [0, 0.05) is 10.8 Å². The molecule has 0 amide bonds. The van der Waals surface area contributed by atoms with Crippen LogP contribution in [0.2, 0.25) is 0 Å². The standard InChI is InChI=1S/C18H24O5S/c1-13-18(5,15(19)23-16(22-13)17(2,3)4)11-12-24(20,21)14-9-7-6-8-10-14/h6-13,16H,1-5H3/b12-11+/t13-,16-,18-/m0/s1. The van der Waals surface area contributed by atoms with E-state index in [2.05, 4.69) is 0 Å². The number of rotatable bonds is 3. The van der Waals surface area contributed by atoms with E-state index in [9.17, 15) is 13.2 Å². The molecule has 0 radical (unpaired) electrons. The van der Waals surface area contributed by atoms with Gasteiger partial charge in [0.15, 0.2) is 9.84 Å². The van der Waals surface area contributed by atoms with Gasteiger partial charge in [0.2, 0.25) is 6.29 Å². The summed E-state index contributed by atoms with van der Waals surface area (Å²) in [6, 6.07) is 8.06. The van der Waals surface area contributed by atoms with Crippen LogP contribution in [0, 0.1) is 10.8 Å². The Labute approximate surface area is 143 Å². The maximum Gasteiger partial charge on any atom is 0.320 e. The van der Waals surface area contributed by atoms with Gasteiger partial charge in [0.05, 0.1) is 11.0 Å². The molecule has 3 atom stereocenters. The molecule has 1 aromatic carbocycles. The fourth-order valence-electron chi connectivity index (χ4n) is 2.25. The van der Waals surface area contributed by atoms with Crippen molar-refractivity contribution in [1.29, 1.82) is 0 Å². The third kappa shape index (κ3) is 3.70. The molecular formula is C18H24O5S. The first-order chi connectivity index (χ1) is 11.0. The molecule has 0 bridgehead atoms. The third-order valence-corrected chi connectivity index (χ3v) is 5.62.